The summed E-state index contributed by atoms with van der Waals surface area (Å²) in [5.74, 6) is 0. The first kappa shape index (κ1) is 18.0. The van der Waals surface area contributed by atoms with Crippen molar-refractivity contribution in [2.24, 2.45) is 0 Å². The van der Waals surface area contributed by atoms with Crippen LogP contribution in [0.2, 0.25) is 0 Å². The third kappa shape index (κ3) is 5.01. The van der Waals surface area contributed by atoms with Crippen molar-refractivity contribution in [1.29, 1.82) is 0 Å². The first-order chi connectivity index (χ1) is 10.2. The molecule has 120 valence electrons. The summed E-state index contributed by atoms with van der Waals surface area (Å²) in [6.45, 7) is 10.8. The summed E-state index contributed by atoms with van der Waals surface area (Å²) in [7, 11) is 0. The van der Waals surface area contributed by atoms with Gasteiger partial charge < -0.3 is 15.3 Å². The molecule has 0 aliphatic carbocycles. The van der Waals surface area contributed by atoms with Crippen LogP contribution in [-0.2, 0) is 0 Å². The van der Waals surface area contributed by atoms with E-state index < -0.39 is 0 Å². The molecule has 0 saturated carbocycles. The first-order valence-corrected chi connectivity index (χ1v) is 8.39. The lowest BCUT2D eigenvalue weighted by atomic mass is 10.0. The molecule has 0 fully saturated rings. The van der Waals surface area contributed by atoms with E-state index in [2.05, 4.69) is 62.2 Å². The maximum Gasteiger partial charge on any atom is 0.0606 e. The van der Waals surface area contributed by atoms with Crippen LogP contribution in [0.25, 0.3) is 0 Å². The minimum Gasteiger partial charge on any atom is -0.395 e. The monoisotopic (exact) mass is 292 g/mol. The maximum atomic E-state index is 9.45. The van der Waals surface area contributed by atoms with Crippen LogP contribution in [0.15, 0.2) is 24.3 Å². The molecule has 1 rings (SSSR count). The van der Waals surface area contributed by atoms with Crippen molar-refractivity contribution in [2.45, 2.75) is 59.0 Å². The Morgan fingerprint density at radius 1 is 1.14 bits per heavy atom. The van der Waals surface area contributed by atoms with Gasteiger partial charge in [0.25, 0.3) is 0 Å². The van der Waals surface area contributed by atoms with E-state index in [1.807, 2.05) is 0 Å². The summed E-state index contributed by atoms with van der Waals surface area (Å²) in [6.07, 6.45) is 3.34. The Bertz CT molecular complexity index is 391. The van der Waals surface area contributed by atoms with E-state index in [1.54, 1.807) is 0 Å². The fourth-order valence-corrected chi connectivity index (χ4v) is 2.92. The van der Waals surface area contributed by atoms with Crippen molar-refractivity contribution in [3.8, 4) is 0 Å². The van der Waals surface area contributed by atoms with Crippen LogP contribution in [0.3, 0.4) is 0 Å². The largest absolute Gasteiger partial charge is 0.395 e. The minimum absolute atomic E-state index is 0.196. The number of para-hydroxylation sites is 1. The molecule has 21 heavy (non-hydrogen) atoms. The van der Waals surface area contributed by atoms with Gasteiger partial charge in [0.2, 0.25) is 0 Å². The zero-order valence-electron chi connectivity index (χ0n) is 14.1. The molecule has 0 aromatic heterocycles. The second-order valence-corrected chi connectivity index (χ2v) is 5.62. The van der Waals surface area contributed by atoms with Crippen molar-refractivity contribution in [3.05, 3.63) is 29.8 Å². The zero-order valence-corrected chi connectivity index (χ0v) is 14.1. The molecular weight excluding hydrogens is 260 g/mol. The zero-order chi connectivity index (χ0) is 15.7. The summed E-state index contributed by atoms with van der Waals surface area (Å²) in [5.41, 5.74) is 2.59. The Kier molecular flexibility index (Phi) is 8.40. The van der Waals surface area contributed by atoms with E-state index in [1.165, 1.54) is 11.3 Å². The van der Waals surface area contributed by atoms with E-state index in [-0.39, 0.29) is 6.61 Å². The molecule has 0 radical (unpaired) electrons. The Labute approximate surface area is 130 Å². The SMILES string of the molecule is CCCNC(C)c1ccccc1N(CCO)C(CC)CC. The molecule has 0 heterocycles. The molecule has 0 bridgehead atoms. The fourth-order valence-electron chi connectivity index (χ4n) is 2.92. The van der Waals surface area contributed by atoms with E-state index >= 15 is 0 Å². The van der Waals surface area contributed by atoms with Crippen LogP contribution in [0.4, 0.5) is 5.69 Å². The van der Waals surface area contributed by atoms with Gasteiger partial charge in [-0.25, -0.2) is 0 Å². The number of anilines is 1. The second-order valence-electron chi connectivity index (χ2n) is 5.62. The third-order valence-electron chi connectivity index (χ3n) is 4.14. The van der Waals surface area contributed by atoms with Gasteiger partial charge in [-0.2, -0.15) is 0 Å². The number of hydrogen-bond acceptors (Lipinski definition) is 3. The fraction of sp³-hybridized carbons (Fsp3) is 0.667. The minimum atomic E-state index is 0.196. The lowest BCUT2D eigenvalue weighted by Crippen LogP contribution is -2.38. The standard InChI is InChI=1S/C18H32N2O/c1-5-12-19-15(4)17-10-8-9-11-18(17)20(13-14-21)16(6-2)7-3/h8-11,15-16,19,21H,5-7,12-14H2,1-4H3. The maximum absolute atomic E-state index is 9.45. The molecule has 1 aromatic rings. The second kappa shape index (κ2) is 9.80. The van der Waals surface area contributed by atoms with Crippen molar-refractivity contribution in [2.75, 3.05) is 24.6 Å². The number of benzene rings is 1. The third-order valence-corrected chi connectivity index (χ3v) is 4.14. The summed E-state index contributed by atoms with van der Waals surface area (Å²) in [4.78, 5) is 2.37. The lowest BCUT2D eigenvalue weighted by Gasteiger charge is -2.35. The van der Waals surface area contributed by atoms with Gasteiger partial charge in [-0.05, 0) is 44.4 Å². The number of rotatable bonds is 10. The molecule has 1 unspecified atom stereocenters. The van der Waals surface area contributed by atoms with Crippen LogP contribution in [-0.4, -0.2) is 30.8 Å². The smallest absolute Gasteiger partial charge is 0.0606 e. The van der Waals surface area contributed by atoms with Crippen molar-refractivity contribution >= 4 is 5.69 Å². The van der Waals surface area contributed by atoms with Crippen LogP contribution in [0.5, 0.6) is 0 Å². The number of hydrogen-bond donors (Lipinski definition) is 2. The number of nitrogens with one attached hydrogen (secondary N) is 1. The van der Waals surface area contributed by atoms with Crippen LogP contribution in [0, 0.1) is 0 Å². The molecule has 2 N–H and O–H groups in total. The summed E-state index contributed by atoms with van der Waals surface area (Å²) in [5, 5.41) is 13.0. The van der Waals surface area contributed by atoms with Crippen LogP contribution >= 0.6 is 0 Å². The van der Waals surface area contributed by atoms with Crippen LogP contribution < -0.4 is 10.2 Å². The molecule has 0 saturated heterocycles. The molecule has 3 nitrogen and oxygen atoms in total. The predicted molar refractivity (Wildman–Crippen MR) is 92.0 cm³/mol. The van der Waals surface area contributed by atoms with Gasteiger partial charge in [0, 0.05) is 24.3 Å². The topological polar surface area (TPSA) is 35.5 Å². The molecule has 1 atom stereocenters. The molecular formula is C18H32N2O. The quantitative estimate of drug-likeness (QED) is 0.689. The van der Waals surface area contributed by atoms with E-state index in [0.29, 0.717) is 18.6 Å². The number of aliphatic hydroxyl groups is 1. The predicted octanol–water partition coefficient (Wildman–Crippen LogP) is 3.73. The van der Waals surface area contributed by atoms with Crippen molar-refractivity contribution in [3.63, 3.8) is 0 Å². The highest BCUT2D eigenvalue weighted by Gasteiger charge is 2.19. The summed E-state index contributed by atoms with van der Waals surface area (Å²) >= 11 is 0. The van der Waals surface area contributed by atoms with Gasteiger partial charge in [0.15, 0.2) is 0 Å². The van der Waals surface area contributed by atoms with Crippen LogP contribution in [0.1, 0.15) is 58.6 Å². The molecule has 3 heteroatoms. The van der Waals surface area contributed by atoms with E-state index in [9.17, 15) is 5.11 Å². The summed E-state index contributed by atoms with van der Waals surface area (Å²) < 4.78 is 0. The Hall–Kier alpha value is -1.06. The average molecular weight is 292 g/mol. The van der Waals surface area contributed by atoms with Gasteiger partial charge in [0.05, 0.1) is 6.61 Å². The highest BCUT2D eigenvalue weighted by atomic mass is 16.3. The first-order valence-electron chi connectivity index (χ1n) is 8.39. The molecule has 0 spiro atoms. The molecule has 0 amide bonds. The Balaban J connectivity index is 3.07. The highest BCUT2D eigenvalue weighted by Crippen LogP contribution is 2.29. The van der Waals surface area contributed by atoms with Crippen molar-refractivity contribution < 1.29 is 5.11 Å². The highest BCUT2D eigenvalue weighted by molar-refractivity contribution is 5.55. The number of nitrogens with zero attached hydrogens (tertiary/aromatic N) is 1. The van der Waals surface area contributed by atoms with Gasteiger partial charge in [-0.15, -0.1) is 0 Å². The summed E-state index contributed by atoms with van der Waals surface area (Å²) in [6, 6.07) is 9.40. The average Bonchev–Trinajstić information content (AvgIpc) is 2.53. The van der Waals surface area contributed by atoms with Gasteiger partial charge in [0.1, 0.15) is 0 Å². The number of aliphatic hydroxyl groups excluding tert-OH is 1. The van der Waals surface area contributed by atoms with Gasteiger partial charge in [-0.1, -0.05) is 39.0 Å². The Morgan fingerprint density at radius 2 is 1.81 bits per heavy atom. The molecule has 0 aliphatic heterocycles. The van der Waals surface area contributed by atoms with E-state index in [4.69, 9.17) is 0 Å². The lowest BCUT2D eigenvalue weighted by molar-refractivity contribution is 0.295. The van der Waals surface area contributed by atoms with E-state index in [0.717, 1.165) is 25.8 Å². The molecule has 1 aromatic carbocycles. The molecule has 0 aliphatic rings. The normalized spacial score (nSPS) is 12.7. The van der Waals surface area contributed by atoms with Gasteiger partial charge >= 0.3 is 0 Å². The van der Waals surface area contributed by atoms with Gasteiger partial charge in [-0.3, -0.25) is 0 Å². The Morgan fingerprint density at radius 3 is 2.38 bits per heavy atom. The van der Waals surface area contributed by atoms with Crippen molar-refractivity contribution in [1.82, 2.24) is 5.32 Å².